The van der Waals surface area contributed by atoms with Crippen LogP contribution in [0.5, 0.6) is 0 Å². The van der Waals surface area contributed by atoms with Crippen LogP contribution in [-0.2, 0) is 0 Å². The zero-order valence-corrected chi connectivity index (χ0v) is 26.1. The van der Waals surface area contributed by atoms with Crippen LogP contribution in [0.2, 0.25) is 10.3 Å². The Hall–Kier alpha value is -4.18. The van der Waals surface area contributed by atoms with Gasteiger partial charge in [-0.1, -0.05) is 75.5 Å². The number of nitrogens with one attached hydrogen (secondary N) is 2. The second-order valence-electron chi connectivity index (χ2n) is 9.98. The Balaban J connectivity index is 0.000000124. The number of H-pyrrole nitrogens is 2. The maximum atomic E-state index is 8.87. The van der Waals surface area contributed by atoms with E-state index >= 15 is 0 Å². The molecule has 4 N–H and O–H groups in total. The van der Waals surface area contributed by atoms with E-state index < -0.39 is 7.12 Å². The Morgan fingerprint density at radius 1 is 0.568 bits per heavy atom. The Morgan fingerprint density at radius 3 is 1.77 bits per heavy atom. The zero-order chi connectivity index (χ0) is 30.6. The van der Waals surface area contributed by atoms with Crippen molar-refractivity contribution < 1.29 is 10.0 Å². The average molecular weight is 682 g/mol. The van der Waals surface area contributed by atoms with Crippen LogP contribution in [-0.4, -0.2) is 37.1 Å². The fourth-order valence-electron chi connectivity index (χ4n) is 4.88. The highest BCUT2D eigenvalue weighted by atomic mass is 79.9. The number of fused-ring (bicyclic) bond motifs is 4. The Labute approximate surface area is 271 Å². The van der Waals surface area contributed by atoms with Gasteiger partial charge in [0.25, 0.3) is 0 Å². The number of pyridine rings is 2. The first-order valence-electron chi connectivity index (χ1n) is 13.6. The van der Waals surface area contributed by atoms with Crippen molar-refractivity contribution in [2.75, 3.05) is 0 Å². The fraction of sp³-hybridized carbons (Fsp3) is 0. The zero-order valence-electron chi connectivity index (χ0n) is 23.0. The summed E-state index contributed by atoms with van der Waals surface area (Å²) in [6.45, 7) is 0. The number of benzene rings is 4. The summed E-state index contributed by atoms with van der Waals surface area (Å²) < 4.78 is 1.02. The molecule has 0 bridgehead atoms. The predicted octanol–water partition coefficient (Wildman–Crippen LogP) is 8.53. The van der Waals surface area contributed by atoms with Gasteiger partial charge in [0.2, 0.25) is 0 Å². The second-order valence-corrected chi connectivity index (χ2v) is 11.6. The molecule has 0 amide bonds. The number of hydrogen-bond donors (Lipinski definition) is 4. The Morgan fingerprint density at radius 2 is 1.11 bits per heavy atom. The SMILES string of the molecule is Clc1nccc2ccc(-c3ccc4[nH]ccc4c3)cc12.Clc1nccc2ccc(Br)cc12.OB(O)c1ccc2[nH]ccc2c1. The maximum absolute atomic E-state index is 8.87. The number of aromatic nitrogens is 4. The van der Waals surface area contributed by atoms with Gasteiger partial charge in [0.15, 0.2) is 0 Å². The van der Waals surface area contributed by atoms with Crippen LogP contribution in [0.25, 0.3) is 54.5 Å². The van der Waals surface area contributed by atoms with Crippen molar-refractivity contribution in [3.8, 4) is 11.1 Å². The minimum absolute atomic E-state index is 0.516. The smallest absolute Gasteiger partial charge is 0.423 e. The van der Waals surface area contributed by atoms with E-state index in [0.29, 0.717) is 15.8 Å². The highest BCUT2D eigenvalue weighted by Gasteiger charge is 2.10. The van der Waals surface area contributed by atoms with E-state index in [1.165, 1.54) is 10.9 Å². The van der Waals surface area contributed by atoms with Gasteiger partial charge in [0.05, 0.1) is 0 Å². The second kappa shape index (κ2) is 13.2. The molecule has 0 unspecified atom stereocenters. The van der Waals surface area contributed by atoms with Crippen LogP contribution >= 0.6 is 39.1 Å². The van der Waals surface area contributed by atoms with Gasteiger partial charge >= 0.3 is 7.12 Å². The predicted molar refractivity (Wildman–Crippen MR) is 187 cm³/mol. The van der Waals surface area contributed by atoms with Crippen molar-refractivity contribution in [1.29, 1.82) is 0 Å². The van der Waals surface area contributed by atoms with E-state index in [9.17, 15) is 0 Å². The third kappa shape index (κ3) is 6.65. The van der Waals surface area contributed by atoms with Crippen LogP contribution in [0, 0.1) is 0 Å². The normalized spacial score (nSPS) is 10.8. The Bertz CT molecular complexity index is 2240. The number of rotatable bonds is 2. The lowest BCUT2D eigenvalue weighted by Crippen LogP contribution is -2.29. The van der Waals surface area contributed by atoms with E-state index in [0.717, 1.165) is 48.0 Å². The summed E-state index contributed by atoms with van der Waals surface area (Å²) in [4.78, 5) is 14.4. The molecule has 44 heavy (non-hydrogen) atoms. The third-order valence-corrected chi connectivity index (χ3v) is 8.25. The molecule has 10 heteroatoms. The summed E-state index contributed by atoms with van der Waals surface area (Å²) in [5, 5.41) is 25.2. The molecule has 0 saturated heterocycles. The molecule has 0 radical (unpaired) electrons. The Kier molecular flexibility index (Phi) is 8.98. The van der Waals surface area contributed by atoms with Crippen molar-refractivity contribution in [1.82, 2.24) is 19.9 Å². The van der Waals surface area contributed by atoms with Crippen molar-refractivity contribution in [2.45, 2.75) is 0 Å². The molecule has 8 aromatic rings. The van der Waals surface area contributed by atoms with Gasteiger partial charge in [-0.15, -0.1) is 0 Å². The molecule has 8 rings (SSSR count). The van der Waals surface area contributed by atoms with E-state index in [-0.39, 0.29) is 0 Å². The molecule has 216 valence electrons. The molecule has 0 aliphatic carbocycles. The molecule has 4 heterocycles. The van der Waals surface area contributed by atoms with Gasteiger partial charge in [-0.3, -0.25) is 0 Å². The fourth-order valence-corrected chi connectivity index (χ4v) is 5.68. The monoisotopic (exact) mass is 680 g/mol. The lowest BCUT2D eigenvalue weighted by Gasteiger charge is -2.05. The van der Waals surface area contributed by atoms with Crippen LogP contribution in [0.1, 0.15) is 0 Å². The molecule has 6 nitrogen and oxygen atoms in total. The number of nitrogens with zero attached hydrogens (tertiary/aromatic N) is 2. The van der Waals surface area contributed by atoms with E-state index in [1.54, 1.807) is 24.5 Å². The first kappa shape index (κ1) is 29.9. The van der Waals surface area contributed by atoms with Gasteiger partial charge < -0.3 is 20.0 Å². The van der Waals surface area contributed by atoms with E-state index in [1.807, 2.05) is 54.9 Å². The quantitative estimate of drug-likeness (QED) is 0.109. The van der Waals surface area contributed by atoms with Gasteiger partial charge in [0, 0.05) is 51.1 Å². The summed E-state index contributed by atoms with van der Waals surface area (Å²) in [6.07, 6.45) is 7.21. The molecular weight excluding hydrogens is 658 g/mol. The summed E-state index contributed by atoms with van der Waals surface area (Å²) in [5.41, 5.74) is 4.99. The van der Waals surface area contributed by atoms with Crippen molar-refractivity contribution in [3.63, 3.8) is 0 Å². The molecule has 0 aliphatic heterocycles. The topological polar surface area (TPSA) is 97.8 Å². The molecule has 4 aromatic heterocycles. The lowest BCUT2D eigenvalue weighted by molar-refractivity contribution is 0.426. The first-order valence-corrected chi connectivity index (χ1v) is 15.2. The maximum Gasteiger partial charge on any atom is 0.488 e. The summed E-state index contributed by atoms with van der Waals surface area (Å²) in [7, 11) is -1.38. The highest BCUT2D eigenvalue weighted by molar-refractivity contribution is 9.10. The van der Waals surface area contributed by atoms with Gasteiger partial charge in [-0.25, -0.2) is 9.97 Å². The average Bonchev–Trinajstić information content (AvgIpc) is 3.71. The molecule has 0 aliphatic rings. The standard InChI is InChI=1S/C17H11ClN2.C9H5BrClN.C8H8BNO2/c18-17-15-10-13(2-1-11(15)5-8-20-17)12-3-4-16-14(9-12)6-7-19-16;10-7-2-1-6-3-4-12-9(11)8(6)5-7;11-9(12)7-1-2-8-6(5-7)3-4-10-8/h1-10,19H;1-5H;1-5,10-12H. The highest BCUT2D eigenvalue weighted by Crippen LogP contribution is 2.29. The van der Waals surface area contributed by atoms with Crippen LogP contribution in [0.3, 0.4) is 0 Å². The summed E-state index contributed by atoms with van der Waals surface area (Å²) >= 11 is 15.5. The summed E-state index contributed by atoms with van der Waals surface area (Å²) in [5.74, 6) is 0. The van der Waals surface area contributed by atoms with Crippen LogP contribution in [0.15, 0.2) is 126 Å². The minimum Gasteiger partial charge on any atom is -0.423 e. The van der Waals surface area contributed by atoms with Crippen molar-refractivity contribution in [2.24, 2.45) is 0 Å². The van der Waals surface area contributed by atoms with E-state index in [4.69, 9.17) is 33.2 Å². The van der Waals surface area contributed by atoms with Crippen LogP contribution < -0.4 is 5.46 Å². The number of aromatic amines is 2. The summed E-state index contributed by atoms with van der Waals surface area (Å²) in [6, 6.07) is 31.8. The molecule has 0 fully saturated rings. The molecule has 4 aromatic carbocycles. The number of halogens is 3. The van der Waals surface area contributed by atoms with Crippen molar-refractivity contribution >= 4 is 95.1 Å². The van der Waals surface area contributed by atoms with Gasteiger partial charge in [-0.05, 0) is 98.8 Å². The molecular formula is C34H24BBrCl2N4O2. The molecule has 0 atom stereocenters. The third-order valence-electron chi connectivity index (χ3n) is 7.16. The molecule has 0 spiro atoms. The first-order chi connectivity index (χ1) is 21.4. The lowest BCUT2D eigenvalue weighted by atomic mass is 9.80. The minimum atomic E-state index is -1.38. The number of hydrogen-bond acceptors (Lipinski definition) is 4. The van der Waals surface area contributed by atoms with Gasteiger partial charge in [0.1, 0.15) is 10.3 Å². The van der Waals surface area contributed by atoms with Gasteiger partial charge in [-0.2, -0.15) is 0 Å². The van der Waals surface area contributed by atoms with Crippen LogP contribution in [0.4, 0.5) is 0 Å². The van der Waals surface area contributed by atoms with E-state index in [2.05, 4.69) is 78.3 Å². The largest absolute Gasteiger partial charge is 0.488 e. The van der Waals surface area contributed by atoms with Crippen molar-refractivity contribution in [3.05, 3.63) is 137 Å². The molecule has 0 saturated carbocycles.